The number of amides is 1. The molecule has 5 nitrogen and oxygen atoms in total. The number of likely N-dealkylation sites (tertiary alicyclic amines) is 1. The second-order valence-corrected chi connectivity index (χ2v) is 5.97. The molecule has 1 aliphatic rings. The van der Waals surface area contributed by atoms with Gasteiger partial charge in [-0.1, -0.05) is 23.2 Å². The predicted molar refractivity (Wildman–Crippen MR) is 79.8 cm³/mol. The van der Waals surface area contributed by atoms with Crippen molar-refractivity contribution in [3.8, 4) is 0 Å². The lowest BCUT2D eigenvalue weighted by Gasteiger charge is -2.32. The second-order valence-electron chi connectivity index (χ2n) is 5.19. The summed E-state index contributed by atoms with van der Waals surface area (Å²) in [5, 5.41) is 9.11. The Labute approximate surface area is 132 Å². The van der Waals surface area contributed by atoms with Crippen LogP contribution in [0.2, 0.25) is 10.3 Å². The number of carboxylic acid groups (broad SMARTS) is 1. The fourth-order valence-electron chi connectivity index (χ4n) is 2.58. The summed E-state index contributed by atoms with van der Waals surface area (Å²) in [6.45, 7) is 1.24. The van der Waals surface area contributed by atoms with Crippen LogP contribution < -0.4 is 0 Å². The van der Waals surface area contributed by atoms with Crippen LogP contribution in [0.3, 0.4) is 0 Å². The molecular formula is C14H16Cl2N2O3. The normalized spacial score (nSPS) is 18.6. The molecule has 0 aromatic carbocycles. The van der Waals surface area contributed by atoms with Gasteiger partial charge in [-0.05, 0) is 37.3 Å². The summed E-state index contributed by atoms with van der Waals surface area (Å²) >= 11 is 11.6. The number of halogens is 2. The van der Waals surface area contributed by atoms with Crippen molar-refractivity contribution in [2.24, 2.45) is 5.92 Å². The summed E-state index contributed by atoms with van der Waals surface area (Å²) in [4.78, 5) is 28.6. The fraction of sp³-hybridized carbons (Fsp3) is 0.500. The first-order valence-electron chi connectivity index (χ1n) is 6.80. The first-order chi connectivity index (χ1) is 9.95. The van der Waals surface area contributed by atoms with Crippen LogP contribution >= 0.6 is 23.2 Å². The van der Waals surface area contributed by atoms with E-state index in [0.717, 1.165) is 12.8 Å². The third kappa shape index (κ3) is 4.58. The van der Waals surface area contributed by atoms with E-state index in [2.05, 4.69) is 4.98 Å². The maximum absolute atomic E-state index is 12.5. The van der Waals surface area contributed by atoms with Gasteiger partial charge < -0.3 is 10.0 Å². The maximum Gasteiger partial charge on any atom is 0.303 e. The average molecular weight is 331 g/mol. The minimum atomic E-state index is -0.800. The zero-order valence-corrected chi connectivity index (χ0v) is 12.9. The number of carbonyl (C=O) groups is 2. The van der Waals surface area contributed by atoms with Gasteiger partial charge in [0.25, 0.3) is 5.91 Å². The molecule has 0 radical (unpaired) electrons. The van der Waals surface area contributed by atoms with Crippen LogP contribution in [0.4, 0.5) is 0 Å². The van der Waals surface area contributed by atoms with Gasteiger partial charge in [0.2, 0.25) is 0 Å². The van der Waals surface area contributed by atoms with Gasteiger partial charge in [-0.25, -0.2) is 4.98 Å². The molecule has 1 aromatic heterocycles. The third-order valence-corrected chi connectivity index (χ3v) is 3.97. The molecule has 1 N–H and O–H groups in total. The van der Waals surface area contributed by atoms with Crippen molar-refractivity contribution >= 4 is 35.1 Å². The number of carboxylic acids is 1. The number of rotatable bonds is 4. The molecule has 0 spiro atoms. The van der Waals surface area contributed by atoms with Gasteiger partial charge in [-0.15, -0.1) is 0 Å². The zero-order valence-electron chi connectivity index (χ0n) is 11.4. The second kappa shape index (κ2) is 7.09. The first kappa shape index (κ1) is 16.0. The minimum absolute atomic E-state index is 0.138. The van der Waals surface area contributed by atoms with Gasteiger partial charge in [-0.3, -0.25) is 9.59 Å². The van der Waals surface area contributed by atoms with Crippen LogP contribution in [0, 0.1) is 5.92 Å². The van der Waals surface area contributed by atoms with Gasteiger partial charge >= 0.3 is 5.97 Å². The summed E-state index contributed by atoms with van der Waals surface area (Å²) in [6.07, 6.45) is 2.56. The van der Waals surface area contributed by atoms with Crippen LogP contribution in [0.15, 0.2) is 12.1 Å². The molecule has 1 unspecified atom stereocenters. The number of hydrogen-bond acceptors (Lipinski definition) is 3. The van der Waals surface area contributed by atoms with Crippen molar-refractivity contribution in [3.05, 3.63) is 28.0 Å². The Morgan fingerprint density at radius 1 is 1.33 bits per heavy atom. The lowest BCUT2D eigenvalue weighted by Crippen LogP contribution is -2.40. The summed E-state index contributed by atoms with van der Waals surface area (Å²) < 4.78 is 0. The quantitative estimate of drug-likeness (QED) is 0.861. The van der Waals surface area contributed by atoms with Crippen LogP contribution in [0.5, 0.6) is 0 Å². The Balaban J connectivity index is 2.03. The number of aromatic nitrogens is 1. The van der Waals surface area contributed by atoms with Crippen molar-refractivity contribution in [3.63, 3.8) is 0 Å². The Morgan fingerprint density at radius 3 is 2.62 bits per heavy atom. The number of hydrogen-bond donors (Lipinski definition) is 1. The van der Waals surface area contributed by atoms with E-state index in [1.807, 2.05) is 0 Å². The van der Waals surface area contributed by atoms with E-state index in [4.69, 9.17) is 28.3 Å². The molecule has 1 saturated heterocycles. The van der Waals surface area contributed by atoms with Gasteiger partial charge in [0.15, 0.2) is 0 Å². The van der Waals surface area contributed by atoms with E-state index >= 15 is 0 Å². The summed E-state index contributed by atoms with van der Waals surface area (Å²) in [5.41, 5.74) is 0.416. The highest BCUT2D eigenvalue weighted by Crippen LogP contribution is 2.23. The monoisotopic (exact) mass is 330 g/mol. The summed E-state index contributed by atoms with van der Waals surface area (Å²) in [6, 6.07) is 2.99. The van der Waals surface area contributed by atoms with Crippen molar-refractivity contribution in [2.45, 2.75) is 25.7 Å². The average Bonchev–Trinajstić information content (AvgIpc) is 2.43. The maximum atomic E-state index is 12.5. The molecule has 1 fully saturated rings. The van der Waals surface area contributed by atoms with E-state index in [1.54, 1.807) is 4.90 Å². The van der Waals surface area contributed by atoms with Crippen molar-refractivity contribution in [1.29, 1.82) is 0 Å². The number of piperidine rings is 1. The van der Waals surface area contributed by atoms with E-state index in [-0.39, 0.29) is 28.6 Å². The molecular weight excluding hydrogens is 315 g/mol. The molecule has 1 amide bonds. The number of pyridine rings is 1. The Bertz CT molecular complexity index is 531. The van der Waals surface area contributed by atoms with E-state index in [9.17, 15) is 9.59 Å². The molecule has 114 valence electrons. The third-order valence-electron chi connectivity index (χ3n) is 3.58. The molecule has 2 rings (SSSR count). The summed E-state index contributed by atoms with van der Waals surface area (Å²) in [7, 11) is 0. The Kier molecular flexibility index (Phi) is 5.42. The minimum Gasteiger partial charge on any atom is -0.481 e. The zero-order chi connectivity index (χ0) is 15.4. The molecule has 2 heterocycles. The standard InChI is InChI=1S/C14H16Cl2N2O3/c15-11-6-10(7-12(16)17-11)14(21)18-5-1-2-9(8-18)3-4-13(19)20/h6-7,9H,1-5,8H2,(H,19,20). The fourth-order valence-corrected chi connectivity index (χ4v) is 3.04. The van der Waals surface area contributed by atoms with E-state index < -0.39 is 5.97 Å². The van der Waals surface area contributed by atoms with Crippen LogP contribution in [-0.2, 0) is 4.79 Å². The van der Waals surface area contributed by atoms with Crippen molar-refractivity contribution in [2.75, 3.05) is 13.1 Å². The molecule has 0 bridgehead atoms. The van der Waals surface area contributed by atoms with Crippen LogP contribution in [0.25, 0.3) is 0 Å². The van der Waals surface area contributed by atoms with Crippen LogP contribution in [0.1, 0.15) is 36.0 Å². The Morgan fingerprint density at radius 2 is 2.00 bits per heavy atom. The van der Waals surface area contributed by atoms with E-state index in [1.165, 1.54) is 12.1 Å². The molecule has 1 aromatic rings. The lowest BCUT2D eigenvalue weighted by molar-refractivity contribution is -0.137. The van der Waals surface area contributed by atoms with Gasteiger partial charge in [0.1, 0.15) is 10.3 Å². The number of carbonyl (C=O) groups excluding carboxylic acids is 1. The van der Waals surface area contributed by atoms with Crippen molar-refractivity contribution in [1.82, 2.24) is 9.88 Å². The van der Waals surface area contributed by atoms with Gasteiger partial charge in [0, 0.05) is 25.1 Å². The Hall–Kier alpha value is -1.33. The number of nitrogens with zero attached hydrogens (tertiary/aromatic N) is 2. The van der Waals surface area contributed by atoms with E-state index in [0.29, 0.717) is 25.1 Å². The molecule has 0 saturated carbocycles. The molecule has 0 aliphatic carbocycles. The van der Waals surface area contributed by atoms with Gasteiger partial charge in [-0.2, -0.15) is 0 Å². The molecule has 1 atom stereocenters. The van der Waals surface area contributed by atoms with Crippen LogP contribution in [-0.4, -0.2) is 40.0 Å². The molecule has 7 heteroatoms. The SMILES string of the molecule is O=C(O)CCC1CCCN(C(=O)c2cc(Cl)nc(Cl)c2)C1. The largest absolute Gasteiger partial charge is 0.481 e. The number of aliphatic carboxylic acids is 1. The molecule has 1 aliphatic heterocycles. The highest BCUT2D eigenvalue weighted by molar-refractivity contribution is 6.33. The topological polar surface area (TPSA) is 70.5 Å². The van der Waals surface area contributed by atoms with Gasteiger partial charge in [0.05, 0.1) is 0 Å². The molecule has 21 heavy (non-hydrogen) atoms. The summed E-state index contributed by atoms with van der Waals surface area (Å²) in [5.74, 6) is -0.709. The highest BCUT2D eigenvalue weighted by Gasteiger charge is 2.25. The smallest absolute Gasteiger partial charge is 0.303 e. The first-order valence-corrected chi connectivity index (χ1v) is 7.55. The predicted octanol–water partition coefficient (Wildman–Crippen LogP) is 3.11. The van der Waals surface area contributed by atoms with Crippen molar-refractivity contribution < 1.29 is 14.7 Å². The lowest BCUT2D eigenvalue weighted by atomic mass is 9.93. The highest BCUT2D eigenvalue weighted by atomic mass is 35.5.